The topological polar surface area (TPSA) is 61.7 Å². The van der Waals surface area contributed by atoms with E-state index in [1.807, 2.05) is 11.7 Å². The molecule has 20 heavy (non-hydrogen) atoms. The molecule has 5 heteroatoms. The van der Waals surface area contributed by atoms with E-state index in [0.29, 0.717) is 5.95 Å². The summed E-state index contributed by atoms with van der Waals surface area (Å²) >= 11 is 0. The first-order valence-electron chi connectivity index (χ1n) is 7.86. The molecule has 0 radical (unpaired) electrons. The van der Waals surface area contributed by atoms with E-state index in [9.17, 15) is 0 Å². The molecule has 2 aromatic heterocycles. The zero-order valence-electron chi connectivity index (χ0n) is 12.3. The third-order valence-electron chi connectivity index (χ3n) is 5.00. The van der Waals surface area contributed by atoms with Crippen molar-refractivity contribution in [3.8, 4) is 0 Å². The Morgan fingerprint density at radius 1 is 1.25 bits per heavy atom. The fourth-order valence-electron chi connectivity index (χ4n) is 3.62. The molecule has 0 amide bonds. The molecule has 2 heterocycles. The van der Waals surface area contributed by atoms with Gasteiger partial charge in [-0.25, -0.2) is 4.98 Å². The van der Waals surface area contributed by atoms with Gasteiger partial charge in [-0.15, -0.1) is 0 Å². The van der Waals surface area contributed by atoms with Crippen LogP contribution in [0.5, 0.6) is 0 Å². The summed E-state index contributed by atoms with van der Waals surface area (Å²) in [5.41, 5.74) is 9.35. The van der Waals surface area contributed by atoms with Gasteiger partial charge < -0.3 is 5.73 Å². The van der Waals surface area contributed by atoms with Gasteiger partial charge in [0.1, 0.15) is 5.52 Å². The van der Waals surface area contributed by atoms with Crippen LogP contribution in [0.3, 0.4) is 0 Å². The van der Waals surface area contributed by atoms with Crippen molar-refractivity contribution in [1.29, 1.82) is 0 Å². The Labute approximate surface area is 119 Å². The molecule has 5 nitrogen and oxygen atoms in total. The predicted molar refractivity (Wildman–Crippen MR) is 79.2 cm³/mol. The van der Waals surface area contributed by atoms with E-state index >= 15 is 0 Å². The maximum Gasteiger partial charge on any atom is 0.202 e. The second-order valence-electron chi connectivity index (χ2n) is 6.52. The quantitative estimate of drug-likeness (QED) is 0.909. The first kappa shape index (κ1) is 12.2. The van der Waals surface area contributed by atoms with Crippen LogP contribution < -0.4 is 5.73 Å². The molecule has 2 aromatic rings. The number of nitrogens with zero attached hydrogens (tertiary/aromatic N) is 4. The van der Waals surface area contributed by atoms with E-state index in [1.54, 1.807) is 0 Å². The van der Waals surface area contributed by atoms with Gasteiger partial charge in [0.2, 0.25) is 5.95 Å². The highest BCUT2D eigenvalue weighted by Crippen LogP contribution is 2.50. The van der Waals surface area contributed by atoms with Crippen LogP contribution in [-0.4, -0.2) is 19.3 Å². The number of aryl methyl sites for hydroxylation is 2. The van der Waals surface area contributed by atoms with Crippen molar-refractivity contribution in [2.75, 3.05) is 5.73 Å². The Kier molecular flexibility index (Phi) is 2.59. The van der Waals surface area contributed by atoms with Crippen LogP contribution in [0, 0.1) is 17.8 Å². The van der Waals surface area contributed by atoms with Crippen LogP contribution in [0.2, 0.25) is 0 Å². The number of rotatable bonds is 5. The summed E-state index contributed by atoms with van der Waals surface area (Å²) < 4.78 is 4.16. The zero-order chi connectivity index (χ0) is 13.9. The van der Waals surface area contributed by atoms with Gasteiger partial charge in [0.05, 0.1) is 5.69 Å². The van der Waals surface area contributed by atoms with E-state index in [1.165, 1.54) is 25.7 Å². The molecule has 0 spiro atoms. The number of aromatic nitrogens is 4. The van der Waals surface area contributed by atoms with Crippen molar-refractivity contribution in [2.45, 2.75) is 45.6 Å². The molecule has 2 aliphatic carbocycles. The van der Waals surface area contributed by atoms with E-state index in [0.717, 1.165) is 47.6 Å². The highest BCUT2D eigenvalue weighted by molar-refractivity contribution is 5.77. The maximum atomic E-state index is 6.19. The summed E-state index contributed by atoms with van der Waals surface area (Å²) in [4.78, 5) is 4.57. The second kappa shape index (κ2) is 4.24. The summed E-state index contributed by atoms with van der Waals surface area (Å²) in [6, 6.07) is 0. The Hall–Kier alpha value is -1.52. The molecule has 0 unspecified atom stereocenters. The molecule has 0 bridgehead atoms. The van der Waals surface area contributed by atoms with Crippen molar-refractivity contribution in [3.05, 3.63) is 5.69 Å². The first-order valence-corrected chi connectivity index (χ1v) is 7.86. The number of anilines is 1. The Balaban J connectivity index is 1.74. The molecule has 0 saturated heterocycles. The van der Waals surface area contributed by atoms with Gasteiger partial charge in [0.25, 0.3) is 0 Å². The van der Waals surface area contributed by atoms with Crippen molar-refractivity contribution < 1.29 is 0 Å². The van der Waals surface area contributed by atoms with Crippen LogP contribution in [-0.2, 0) is 20.0 Å². The van der Waals surface area contributed by atoms with Gasteiger partial charge >= 0.3 is 0 Å². The van der Waals surface area contributed by atoms with E-state index < -0.39 is 0 Å². The lowest BCUT2D eigenvalue weighted by Crippen LogP contribution is -2.17. The molecular weight excluding hydrogens is 250 g/mol. The van der Waals surface area contributed by atoms with E-state index in [4.69, 9.17) is 5.73 Å². The van der Waals surface area contributed by atoms with Crippen LogP contribution in [0.15, 0.2) is 0 Å². The lowest BCUT2D eigenvalue weighted by atomic mass is 9.98. The molecular formula is C15H23N5. The summed E-state index contributed by atoms with van der Waals surface area (Å²) in [6.45, 7) is 3.15. The van der Waals surface area contributed by atoms with Crippen molar-refractivity contribution in [1.82, 2.24) is 19.3 Å². The van der Waals surface area contributed by atoms with Gasteiger partial charge in [0.15, 0.2) is 5.65 Å². The summed E-state index contributed by atoms with van der Waals surface area (Å²) in [5.74, 6) is 3.32. The average Bonchev–Trinajstić information content (AvgIpc) is 3.32. The molecule has 4 rings (SSSR count). The second-order valence-corrected chi connectivity index (χ2v) is 6.52. The number of hydrogen-bond acceptors (Lipinski definition) is 3. The van der Waals surface area contributed by atoms with Crippen LogP contribution in [0.1, 0.15) is 38.3 Å². The minimum Gasteiger partial charge on any atom is -0.369 e. The highest BCUT2D eigenvalue weighted by Gasteiger charge is 2.42. The molecule has 0 atom stereocenters. The summed E-state index contributed by atoms with van der Waals surface area (Å²) in [7, 11) is 2.00. The third-order valence-corrected chi connectivity index (χ3v) is 5.00. The van der Waals surface area contributed by atoms with Gasteiger partial charge in [-0.3, -0.25) is 9.25 Å². The molecule has 2 fully saturated rings. The van der Waals surface area contributed by atoms with Gasteiger partial charge in [-0.2, -0.15) is 5.10 Å². The lowest BCUT2D eigenvalue weighted by molar-refractivity contribution is 0.353. The van der Waals surface area contributed by atoms with Crippen molar-refractivity contribution >= 4 is 17.1 Å². The SMILES string of the molecule is CCc1nn(C)c2c1nc(N)n2CC(C1CC1)C1CC1. The Morgan fingerprint density at radius 2 is 1.90 bits per heavy atom. The van der Waals surface area contributed by atoms with E-state index in [2.05, 4.69) is 21.6 Å². The van der Waals surface area contributed by atoms with Crippen LogP contribution in [0.4, 0.5) is 5.95 Å². The number of nitrogen functional groups attached to an aromatic ring is 1. The van der Waals surface area contributed by atoms with Crippen LogP contribution >= 0.6 is 0 Å². The smallest absolute Gasteiger partial charge is 0.202 e. The molecule has 2 saturated carbocycles. The number of fused-ring (bicyclic) bond motifs is 1. The summed E-state index contributed by atoms with van der Waals surface area (Å²) in [6.07, 6.45) is 6.53. The zero-order valence-corrected chi connectivity index (χ0v) is 12.3. The number of hydrogen-bond donors (Lipinski definition) is 1. The van der Waals surface area contributed by atoms with Crippen LogP contribution in [0.25, 0.3) is 11.2 Å². The summed E-state index contributed by atoms with van der Waals surface area (Å²) in [5, 5.41) is 4.58. The number of imidazole rings is 1. The Bertz CT molecular complexity index is 633. The predicted octanol–water partition coefficient (Wildman–Crippen LogP) is 2.35. The highest BCUT2D eigenvalue weighted by atomic mass is 15.3. The van der Waals surface area contributed by atoms with Crippen molar-refractivity contribution in [3.63, 3.8) is 0 Å². The third kappa shape index (κ3) is 1.83. The molecule has 0 aliphatic heterocycles. The van der Waals surface area contributed by atoms with Gasteiger partial charge in [-0.05, 0) is 49.9 Å². The standard InChI is InChI=1S/C15H23N5/c1-3-12-13-14(19(2)18-12)20(15(16)17-13)8-11(9-4-5-9)10-6-7-10/h9-11H,3-8H2,1-2H3,(H2,16,17). The largest absolute Gasteiger partial charge is 0.369 e. The van der Waals surface area contributed by atoms with Gasteiger partial charge in [0, 0.05) is 13.6 Å². The fourth-order valence-corrected chi connectivity index (χ4v) is 3.62. The van der Waals surface area contributed by atoms with Gasteiger partial charge in [-0.1, -0.05) is 6.92 Å². The molecule has 108 valence electrons. The minimum atomic E-state index is 0.661. The maximum absolute atomic E-state index is 6.19. The first-order chi connectivity index (χ1) is 9.69. The average molecular weight is 273 g/mol. The van der Waals surface area contributed by atoms with E-state index in [-0.39, 0.29) is 0 Å². The normalized spacial score (nSPS) is 19.4. The molecule has 2 N–H and O–H groups in total. The molecule has 0 aromatic carbocycles. The Morgan fingerprint density at radius 3 is 2.45 bits per heavy atom. The minimum absolute atomic E-state index is 0.661. The fraction of sp³-hybridized carbons (Fsp3) is 0.733. The monoisotopic (exact) mass is 273 g/mol. The lowest BCUT2D eigenvalue weighted by Gasteiger charge is -2.17. The number of nitrogens with two attached hydrogens (primary N) is 1. The van der Waals surface area contributed by atoms with Crippen molar-refractivity contribution in [2.24, 2.45) is 24.8 Å². The molecule has 2 aliphatic rings.